The summed E-state index contributed by atoms with van der Waals surface area (Å²) >= 11 is 0. The van der Waals surface area contributed by atoms with E-state index < -0.39 is 0 Å². The first-order valence-electron chi connectivity index (χ1n) is 11.3. The molecule has 5 rings (SSSR count). The maximum absolute atomic E-state index is 12.9. The average Bonchev–Trinajstić information content (AvgIpc) is 3.61. The number of benzene rings is 3. The van der Waals surface area contributed by atoms with E-state index in [0.29, 0.717) is 39.9 Å². The summed E-state index contributed by atoms with van der Waals surface area (Å²) in [5.41, 5.74) is 3.84. The summed E-state index contributed by atoms with van der Waals surface area (Å²) in [7, 11) is 0. The van der Waals surface area contributed by atoms with Gasteiger partial charge in [-0.1, -0.05) is 29.8 Å². The van der Waals surface area contributed by atoms with Gasteiger partial charge in [0.15, 0.2) is 0 Å². The number of carbonyl (C=O) groups is 2. The molecule has 0 saturated carbocycles. The number of aromatic nitrogens is 2. The standard InChI is InChI=1S/C28H22N4O4/c1-18-8-10-20(11-9-18)27-31-32-28(36-27)21-14-12-19(13-15-21)25(33)30-24-7-3-2-6-23(24)26(34)29-17-22-5-4-16-35-22/h2-16H,17H2,1H3,(H,29,34)(H,30,33). The monoisotopic (exact) mass is 478 g/mol. The Morgan fingerprint density at radius 1 is 0.778 bits per heavy atom. The van der Waals surface area contributed by atoms with Crippen molar-refractivity contribution in [3.05, 3.63) is 114 Å². The number of aryl methyl sites for hydroxylation is 1. The lowest BCUT2D eigenvalue weighted by Gasteiger charge is -2.11. The Hall–Kier alpha value is -4.98. The van der Waals surface area contributed by atoms with Gasteiger partial charge in [-0.25, -0.2) is 0 Å². The van der Waals surface area contributed by atoms with Gasteiger partial charge >= 0.3 is 0 Å². The van der Waals surface area contributed by atoms with E-state index in [-0.39, 0.29) is 18.4 Å². The minimum Gasteiger partial charge on any atom is -0.467 e. The highest BCUT2D eigenvalue weighted by Gasteiger charge is 2.16. The van der Waals surface area contributed by atoms with E-state index >= 15 is 0 Å². The molecule has 0 radical (unpaired) electrons. The van der Waals surface area contributed by atoms with Crippen molar-refractivity contribution in [1.29, 1.82) is 0 Å². The van der Waals surface area contributed by atoms with E-state index in [1.54, 1.807) is 66.9 Å². The Bertz CT molecular complexity index is 1490. The molecule has 0 unspecified atom stereocenters. The molecule has 0 aliphatic carbocycles. The van der Waals surface area contributed by atoms with Gasteiger partial charge in [0.05, 0.1) is 24.1 Å². The zero-order valence-electron chi connectivity index (χ0n) is 19.4. The van der Waals surface area contributed by atoms with Crippen LogP contribution in [0.15, 0.2) is 100 Å². The van der Waals surface area contributed by atoms with Crippen LogP contribution in [0, 0.1) is 6.92 Å². The molecule has 8 heteroatoms. The van der Waals surface area contributed by atoms with Gasteiger partial charge in [-0.05, 0) is 67.6 Å². The van der Waals surface area contributed by atoms with E-state index in [9.17, 15) is 9.59 Å². The fraction of sp³-hybridized carbons (Fsp3) is 0.0714. The van der Waals surface area contributed by atoms with Gasteiger partial charge in [0, 0.05) is 16.7 Å². The van der Waals surface area contributed by atoms with Crippen molar-refractivity contribution < 1.29 is 18.4 Å². The van der Waals surface area contributed by atoms with Crippen LogP contribution in [0.1, 0.15) is 32.0 Å². The molecule has 2 amide bonds. The van der Waals surface area contributed by atoms with Gasteiger partial charge < -0.3 is 19.5 Å². The van der Waals surface area contributed by atoms with Crippen LogP contribution in [0.2, 0.25) is 0 Å². The van der Waals surface area contributed by atoms with E-state index in [1.165, 1.54) is 0 Å². The molecule has 0 fully saturated rings. The Kier molecular flexibility index (Phi) is 6.40. The number of nitrogens with zero attached hydrogens (tertiary/aromatic N) is 2. The number of hydrogen-bond acceptors (Lipinski definition) is 6. The van der Waals surface area contributed by atoms with Crippen LogP contribution in [0.4, 0.5) is 5.69 Å². The molecular weight excluding hydrogens is 456 g/mol. The molecule has 36 heavy (non-hydrogen) atoms. The Balaban J connectivity index is 1.27. The van der Waals surface area contributed by atoms with Crippen LogP contribution in [0.25, 0.3) is 22.9 Å². The summed E-state index contributed by atoms with van der Waals surface area (Å²) in [6, 6.07) is 25.0. The lowest BCUT2D eigenvalue weighted by Crippen LogP contribution is -2.24. The normalized spacial score (nSPS) is 10.7. The quantitative estimate of drug-likeness (QED) is 0.320. The largest absolute Gasteiger partial charge is 0.467 e. The van der Waals surface area contributed by atoms with Crippen LogP contribution >= 0.6 is 0 Å². The number of amides is 2. The molecule has 2 N–H and O–H groups in total. The third kappa shape index (κ3) is 5.07. The number of anilines is 1. The highest BCUT2D eigenvalue weighted by atomic mass is 16.4. The average molecular weight is 479 g/mol. The molecule has 0 aliphatic heterocycles. The van der Waals surface area contributed by atoms with Crippen molar-refractivity contribution in [1.82, 2.24) is 15.5 Å². The number of para-hydroxylation sites is 1. The summed E-state index contributed by atoms with van der Waals surface area (Å²) in [4.78, 5) is 25.6. The minimum absolute atomic E-state index is 0.247. The van der Waals surface area contributed by atoms with Gasteiger partial charge in [-0.2, -0.15) is 0 Å². The minimum atomic E-state index is -0.348. The lowest BCUT2D eigenvalue weighted by molar-refractivity contribution is 0.0949. The predicted octanol–water partition coefficient (Wildman–Crippen LogP) is 5.49. The maximum Gasteiger partial charge on any atom is 0.255 e. The molecule has 0 aliphatic rings. The summed E-state index contributed by atoms with van der Waals surface area (Å²) in [6.07, 6.45) is 1.54. The SMILES string of the molecule is Cc1ccc(-c2nnc(-c3ccc(C(=O)Nc4ccccc4C(=O)NCc4ccco4)cc3)o2)cc1. The van der Waals surface area contributed by atoms with E-state index in [1.807, 2.05) is 31.2 Å². The highest BCUT2D eigenvalue weighted by molar-refractivity contribution is 6.09. The smallest absolute Gasteiger partial charge is 0.255 e. The fourth-order valence-electron chi connectivity index (χ4n) is 3.58. The molecule has 178 valence electrons. The maximum atomic E-state index is 12.9. The number of carbonyl (C=O) groups excluding carboxylic acids is 2. The second-order valence-corrected chi connectivity index (χ2v) is 8.12. The molecule has 3 aromatic carbocycles. The van der Waals surface area contributed by atoms with Gasteiger partial charge in [-0.3, -0.25) is 9.59 Å². The Morgan fingerprint density at radius 2 is 1.44 bits per heavy atom. The van der Waals surface area contributed by atoms with Crippen molar-refractivity contribution >= 4 is 17.5 Å². The molecule has 5 aromatic rings. The Labute approximate surface area is 207 Å². The first-order valence-corrected chi connectivity index (χ1v) is 11.3. The van der Waals surface area contributed by atoms with Crippen LogP contribution in [-0.2, 0) is 6.54 Å². The predicted molar refractivity (Wildman–Crippen MR) is 134 cm³/mol. The topological polar surface area (TPSA) is 110 Å². The van der Waals surface area contributed by atoms with Crippen molar-refractivity contribution in [3.63, 3.8) is 0 Å². The van der Waals surface area contributed by atoms with E-state index in [4.69, 9.17) is 8.83 Å². The van der Waals surface area contributed by atoms with Crippen molar-refractivity contribution in [2.24, 2.45) is 0 Å². The Morgan fingerprint density at radius 3 is 2.11 bits per heavy atom. The molecule has 0 atom stereocenters. The van der Waals surface area contributed by atoms with Crippen molar-refractivity contribution in [2.75, 3.05) is 5.32 Å². The van der Waals surface area contributed by atoms with Gasteiger partial charge in [0.2, 0.25) is 11.8 Å². The zero-order chi connectivity index (χ0) is 24.9. The van der Waals surface area contributed by atoms with Gasteiger partial charge in [0.1, 0.15) is 5.76 Å². The number of nitrogens with one attached hydrogen (secondary N) is 2. The molecule has 8 nitrogen and oxygen atoms in total. The lowest BCUT2D eigenvalue weighted by atomic mass is 10.1. The van der Waals surface area contributed by atoms with Crippen LogP contribution in [0.5, 0.6) is 0 Å². The molecule has 0 spiro atoms. The van der Waals surface area contributed by atoms with Crippen LogP contribution in [-0.4, -0.2) is 22.0 Å². The summed E-state index contributed by atoms with van der Waals surface area (Å²) in [5, 5.41) is 13.9. The van der Waals surface area contributed by atoms with Gasteiger partial charge in [-0.15, -0.1) is 10.2 Å². The third-order valence-corrected chi connectivity index (χ3v) is 5.54. The first-order chi connectivity index (χ1) is 17.6. The fourth-order valence-corrected chi connectivity index (χ4v) is 3.58. The number of rotatable bonds is 7. The van der Waals surface area contributed by atoms with Gasteiger partial charge in [0.25, 0.3) is 11.8 Å². The molecule has 2 aromatic heterocycles. The second kappa shape index (κ2) is 10.1. The molecule has 0 saturated heterocycles. The summed E-state index contributed by atoms with van der Waals surface area (Å²) < 4.78 is 11.1. The zero-order valence-corrected chi connectivity index (χ0v) is 19.4. The number of furan rings is 1. The van der Waals surface area contributed by atoms with Crippen molar-refractivity contribution in [3.8, 4) is 22.9 Å². The van der Waals surface area contributed by atoms with Crippen LogP contribution < -0.4 is 10.6 Å². The molecule has 0 bridgehead atoms. The van der Waals surface area contributed by atoms with E-state index in [2.05, 4.69) is 20.8 Å². The summed E-state index contributed by atoms with van der Waals surface area (Å²) in [5.74, 6) is 0.749. The second-order valence-electron chi connectivity index (χ2n) is 8.12. The third-order valence-electron chi connectivity index (χ3n) is 5.54. The molecular formula is C28H22N4O4. The number of hydrogen-bond donors (Lipinski definition) is 2. The highest BCUT2D eigenvalue weighted by Crippen LogP contribution is 2.25. The van der Waals surface area contributed by atoms with E-state index in [0.717, 1.165) is 11.1 Å². The molecule has 2 heterocycles. The van der Waals surface area contributed by atoms with Crippen molar-refractivity contribution in [2.45, 2.75) is 13.5 Å². The first kappa shape index (κ1) is 22.8. The summed E-state index contributed by atoms with van der Waals surface area (Å²) in [6.45, 7) is 2.26. The van der Waals surface area contributed by atoms with Crippen LogP contribution in [0.3, 0.4) is 0 Å².